The highest BCUT2D eigenvalue weighted by Gasteiger charge is 2.35. The van der Waals surface area contributed by atoms with Gasteiger partial charge in [0, 0.05) is 5.69 Å². The summed E-state index contributed by atoms with van der Waals surface area (Å²) in [5.41, 5.74) is 2.70. The van der Waals surface area contributed by atoms with Gasteiger partial charge in [0.2, 0.25) is 5.91 Å². The Labute approximate surface area is 190 Å². The highest BCUT2D eigenvalue weighted by atomic mass is 32.2. The number of sulfonamides is 1. The fourth-order valence-corrected chi connectivity index (χ4v) is 5.46. The topological polar surface area (TPSA) is 114 Å². The summed E-state index contributed by atoms with van der Waals surface area (Å²) < 4.78 is 31.6. The van der Waals surface area contributed by atoms with Crippen molar-refractivity contribution in [3.63, 3.8) is 0 Å². The number of aromatic nitrogens is 1. The molecule has 3 rings (SSSR count). The number of benzene rings is 2. The monoisotopic (exact) mass is 473 g/mol. The number of nitrogens with zero attached hydrogens (tertiary/aromatic N) is 1. The Bertz CT molecular complexity index is 1210. The molecule has 1 aromatic heterocycles. The van der Waals surface area contributed by atoms with Gasteiger partial charge in [-0.1, -0.05) is 42.5 Å². The van der Waals surface area contributed by atoms with E-state index in [2.05, 4.69) is 15.0 Å². The number of aryl methyl sites for hydroxylation is 1. The van der Waals surface area contributed by atoms with Crippen molar-refractivity contribution < 1.29 is 22.7 Å². The summed E-state index contributed by atoms with van der Waals surface area (Å²) in [6.45, 7) is 3.20. The van der Waals surface area contributed by atoms with Crippen LogP contribution in [-0.2, 0) is 24.3 Å². The molecule has 0 fully saturated rings. The number of anilines is 1. The number of esters is 1. The third-order valence-corrected chi connectivity index (χ3v) is 7.82. The van der Waals surface area contributed by atoms with Gasteiger partial charge in [-0.2, -0.15) is 0 Å². The van der Waals surface area contributed by atoms with Crippen LogP contribution in [0.5, 0.6) is 0 Å². The number of nitrogens with one attached hydrogen (secondary N) is 2. The fourth-order valence-electron chi connectivity index (χ4n) is 3.00. The van der Waals surface area contributed by atoms with Gasteiger partial charge in [0.1, 0.15) is 5.01 Å². The minimum atomic E-state index is -3.77. The van der Waals surface area contributed by atoms with Gasteiger partial charge in [0.05, 0.1) is 12.3 Å². The van der Waals surface area contributed by atoms with Gasteiger partial charge in [0.15, 0.2) is 10.1 Å². The van der Waals surface area contributed by atoms with E-state index in [1.54, 1.807) is 19.1 Å². The molecule has 0 aliphatic heterocycles. The van der Waals surface area contributed by atoms with Crippen molar-refractivity contribution in [3.05, 3.63) is 65.3 Å². The SMILES string of the molecule is CCOC(=O)C(C(=O)Nc1ccc(-c2ccccc2)cc1)c1nc(C)c(S(=O)(=O)NC)s1. The van der Waals surface area contributed by atoms with Crippen molar-refractivity contribution in [3.8, 4) is 11.1 Å². The molecule has 0 saturated heterocycles. The van der Waals surface area contributed by atoms with Crippen LogP contribution in [0.15, 0.2) is 58.8 Å². The van der Waals surface area contributed by atoms with Gasteiger partial charge in [-0.25, -0.2) is 18.1 Å². The number of carbonyl (C=O) groups is 2. The summed E-state index contributed by atoms with van der Waals surface area (Å²) in [4.78, 5) is 29.8. The Morgan fingerprint density at radius 1 is 1.06 bits per heavy atom. The normalized spacial score (nSPS) is 12.2. The van der Waals surface area contributed by atoms with Crippen molar-refractivity contribution in [2.45, 2.75) is 24.0 Å². The molecule has 0 spiro atoms. The number of thiazole rings is 1. The number of ether oxygens (including phenoxy) is 1. The zero-order valence-corrected chi connectivity index (χ0v) is 19.4. The molecule has 1 unspecified atom stereocenters. The van der Waals surface area contributed by atoms with E-state index in [0.29, 0.717) is 5.69 Å². The smallest absolute Gasteiger partial charge is 0.325 e. The molecule has 1 amide bonds. The van der Waals surface area contributed by atoms with E-state index in [0.717, 1.165) is 22.5 Å². The molecule has 32 heavy (non-hydrogen) atoms. The maximum Gasteiger partial charge on any atom is 0.325 e. The number of hydrogen-bond acceptors (Lipinski definition) is 7. The molecule has 10 heteroatoms. The van der Waals surface area contributed by atoms with Crippen molar-refractivity contribution in [2.24, 2.45) is 0 Å². The molecule has 1 heterocycles. The average molecular weight is 474 g/mol. The third kappa shape index (κ3) is 5.21. The minimum absolute atomic E-state index is 0.0492. The zero-order chi connectivity index (χ0) is 23.3. The molecule has 1 atom stereocenters. The van der Waals surface area contributed by atoms with Gasteiger partial charge in [-0.3, -0.25) is 9.59 Å². The third-order valence-electron chi connectivity index (χ3n) is 4.57. The first kappa shape index (κ1) is 23.6. The number of carbonyl (C=O) groups excluding carboxylic acids is 2. The Hall–Kier alpha value is -3.08. The van der Waals surface area contributed by atoms with E-state index in [4.69, 9.17) is 4.74 Å². The highest BCUT2D eigenvalue weighted by Crippen LogP contribution is 2.30. The van der Waals surface area contributed by atoms with Crippen LogP contribution in [0.4, 0.5) is 5.69 Å². The van der Waals surface area contributed by atoms with E-state index >= 15 is 0 Å². The summed E-state index contributed by atoms with van der Waals surface area (Å²) in [5.74, 6) is -2.85. The molecule has 0 aliphatic carbocycles. The minimum Gasteiger partial charge on any atom is -0.465 e. The molecule has 0 bridgehead atoms. The van der Waals surface area contributed by atoms with Gasteiger partial charge in [0.25, 0.3) is 10.0 Å². The molecule has 168 valence electrons. The molecule has 0 saturated carbocycles. The number of hydrogen-bond donors (Lipinski definition) is 2. The summed E-state index contributed by atoms with van der Waals surface area (Å²) in [7, 11) is -2.49. The van der Waals surface area contributed by atoms with E-state index in [9.17, 15) is 18.0 Å². The van der Waals surface area contributed by atoms with Crippen LogP contribution in [0.2, 0.25) is 0 Å². The maximum absolute atomic E-state index is 13.0. The molecule has 0 radical (unpaired) electrons. The molecule has 2 aromatic carbocycles. The first-order valence-corrected chi connectivity index (χ1v) is 12.1. The largest absolute Gasteiger partial charge is 0.465 e. The van der Waals surface area contributed by atoms with E-state index in [-0.39, 0.29) is 21.5 Å². The molecule has 2 N–H and O–H groups in total. The van der Waals surface area contributed by atoms with Crippen LogP contribution in [0, 0.1) is 6.92 Å². The van der Waals surface area contributed by atoms with Crippen molar-refractivity contribution in [2.75, 3.05) is 19.0 Å². The standard InChI is InChI=1S/C22H23N3O5S2/c1-4-30-21(27)18(20-24-14(2)22(31-20)32(28,29)23-3)19(26)25-17-12-10-16(11-13-17)15-8-6-5-7-9-15/h5-13,18,23H,4H2,1-3H3,(H,25,26). The van der Waals surface area contributed by atoms with Crippen LogP contribution >= 0.6 is 11.3 Å². The van der Waals surface area contributed by atoms with E-state index in [1.165, 1.54) is 14.0 Å². The van der Waals surface area contributed by atoms with Crippen LogP contribution in [0.25, 0.3) is 11.1 Å². The molecular weight excluding hydrogens is 450 g/mol. The second kappa shape index (κ2) is 10.0. The first-order valence-electron chi connectivity index (χ1n) is 9.80. The van der Waals surface area contributed by atoms with E-state index in [1.807, 2.05) is 42.5 Å². The summed E-state index contributed by atoms with van der Waals surface area (Å²) >= 11 is 0.769. The number of amides is 1. The Kier molecular flexibility index (Phi) is 7.39. The maximum atomic E-state index is 13.0. The zero-order valence-electron chi connectivity index (χ0n) is 17.8. The first-order chi connectivity index (χ1) is 15.3. The lowest BCUT2D eigenvalue weighted by atomic mass is 10.1. The highest BCUT2D eigenvalue weighted by molar-refractivity contribution is 7.91. The van der Waals surface area contributed by atoms with Gasteiger partial charge < -0.3 is 10.1 Å². The Balaban J connectivity index is 1.88. The summed E-state index contributed by atoms with van der Waals surface area (Å²) in [5, 5.41) is 2.75. The fraction of sp³-hybridized carbons (Fsp3) is 0.227. The van der Waals surface area contributed by atoms with Crippen molar-refractivity contribution in [1.82, 2.24) is 9.71 Å². The van der Waals surface area contributed by atoms with Crippen molar-refractivity contribution >= 4 is 38.9 Å². The van der Waals surface area contributed by atoms with Crippen LogP contribution in [0.1, 0.15) is 23.5 Å². The Morgan fingerprint density at radius 2 is 1.69 bits per heavy atom. The molecule has 8 nitrogen and oxygen atoms in total. The second-order valence-corrected chi connectivity index (χ2v) is 9.86. The second-order valence-electron chi connectivity index (χ2n) is 6.75. The average Bonchev–Trinajstić information content (AvgIpc) is 3.17. The molecule has 0 aliphatic rings. The molecular formula is C22H23N3O5S2. The van der Waals surface area contributed by atoms with Gasteiger partial charge in [-0.05, 0) is 44.2 Å². The summed E-state index contributed by atoms with van der Waals surface area (Å²) in [6.07, 6.45) is 0. The number of rotatable bonds is 8. The quantitative estimate of drug-likeness (QED) is 0.383. The van der Waals surface area contributed by atoms with Crippen LogP contribution in [-0.4, -0.2) is 38.9 Å². The lowest BCUT2D eigenvalue weighted by molar-refractivity contribution is -0.147. The predicted molar refractivity (Wildman–Crippen MR) is 123 cm³/mol. The lowest BCUT2D eigenvalue weighted by Crippen LogP contribution is -2.29. The summed E-state index contributed by atoms with van der Waals surface area (Å²) in [6, 6.07) is 16.9. The lowest BCUT2D eigenvalue weighted by Gasteiger charge is -2.14. The van der Waals surface area contributed by atoms with Gasteiger partial charge in [-0.15, -0.1) is 11.3 Å². The van der Waals surface area contributed by atoms with Crippen LogP contribution in [0.3, 0.4) is 0 Å². The molecule has 3 aromatic rings. The Morgan fingerprint density at radius 3 is 2.28 bits per heavy atom. The van der Waals surface area contributed by atoms with Gasteiger partial charge >= 0.3 is 5.97 Å². The van der Waals surface area contributed by atoms with Crippen molar-refractivity contribution in [1.29, 1.82) is 0 Å². The van der Waals surface area contributed by atoms with E-state index < -0.39 is 27.8 Å². The van der Waals surface area contributed by atoms with Crippen LogP contribution < -0.4 is 10.0 Å². The predicted octanol–water partition coefficient (Wildman–Crippen LogP) is 3.31.